The molecule has 0 spiro atoms. The molecule has 0 aromatic carbocycles. The Kier molecular flexibility index (Phi) is 41.8. The van der Waals surface area contributed by atoms with E-state index in [1.165, 1.54) is 43.5 Å². The van der Waals surface area contributed by atoms with Crippen molar-refractivity contribution in [3.05, 3.63) is 273 Å². The molecule has 0 saturated carbocycles. The van der Waals surface area contributed by atoms with Crippen molar-refractivity contribution in [3.63, 3.8) is 0 Å². The number of carbonyl (C=O) groups is 5. The van der Waals surface area contributed by atoms with E-state index >= 15 is 0 Å². The topological polar surface area (TPSA) is 522 Å². The predicted molar refractivity (Wildman–Crippen MR) is 435 cm³/mol. The summed E-state index contributed by atoms with van der Waals surface area (Å²) in [7, 11) is 6.67. The van der Waals surface area contributed by atoms with Crippen LogP contribution in [0.4, 0.5) is 36.1 Å². The van der Waals surface area contributed by atoms with Gasteiger partial charge in [-0.1, -0.05) is 28.6 Å². The van der Waals surface area contributed by atoms with E-state index in [1.807, 2.05) is 56.2 Å². The summed E-state index contributed by atoms with van der Waals surface area (Å²) in [5, 5.41) is 96.8. The second kappa shape index (κ2) is 50.3. The van der Waals surface area contributed by atoms with Gasteiger partial charge < -0.3 is 44.8 Å². The van der Waals surface area contributed by atoms with Gasteiger partial charge in [-0.05, 0) is 112 Å². The van der Waals surface area contributed by atoms with Gasteiger partial charge in [0.1, 0.15) is 64.0 Å². The molecule has 41 nitrogen and oxygen atoms in total. The van der Waals surface area contributed by atoms with Gasteiger partial charge in [0.15, 0.2) is 24.1 Å². The number of carbonyl (C=O) groups excluding carboxylic acids is 5. The van der Waals surface area contributed by atoms with Crippen LogP contribution in [0.5, 0.6) is 0 Å². The minimum absolute atomic E-state index is 0. The third-order valence-corrected chi connectivity index (χ3v) is 17.3. The van der Waals surface area contributed by atoms with E-state index in [-0.39, 0.29) is 92.0 Å². The van der Waals surface area contributed by atoms with Crippen LogP contribution in [-0.2, 0) is 53.5 Å². The summed E-state index contributed by atoms with van der Waals surface area (Å²) in [6.45, 7) is 22.4. The second-order valence-corrected chi connectivity index (χ2v) is 25.9. The van der Waals surface area contributed by atoms with Gasteiger partial charge in [0, 0.05) is 141 Å². The number of alkyl halides is 4. The number of aliphatic hydroxyl groups excluding tert-OH is 2. The molecule has 13 aromatic rings. The maximum Gasteiger partial charge on any atom is 2.00 e. The van der Waals surface area contributed by atoms with Crippen molar-refractivity contribution >= 4 is 103 Å². The van der Waals surface area contributed by atoms with Gasteiger partial charge in [0.05, 0.1) is 67.9 Å². The van der Waals surface area contributed by atoms with Gasteiger partial charge in [0.25, 0.3) is 0 Å². The largest absolute Gasteiger partial charge is 2.00 e. The molecule has 4 aliphatic heterocycles. The molecule has 17 rings (SSSR count). The number of aldehydes is 2. The van der Waals surface area contributed by atoms with Crippen LogP contribution in [0.15, 0.2) is 167 Å². The minimum Gasteiger partial charge on any atom is -1.00 e. The zero-order chi connectivity index (χ0) is 87.5. The zero-order valence-electron chi connectivity index (χ0n) is 66.4. The molecule has 0 aliphatic carbocycles. The number of aryl methyl sites for hydroxylation is 10. The summed E-state index contributed by atoms with van der Waals surface area (Å²) in [5.74, 6) is -0.157. The Morgan fingerprint density at radius 2 is 1.27 bits per heavy atom. The van der Waals surface area contributed by atoms with Crippen molar-refractivity contribution < 1.29 is 74.2 Å². The number of aromatic amines is 3. The van der Waals surface area contributed by atoms with Crippen molar-refractivity contribution in [2.24, 2.45) is 21.1 Å². The van der Waals surface area contributed by atoms with Crippen LogP contribution in [0.2, 0.25) is 5.28 Å². The normalized spacial score (nSPS) is 13.7. The number of H-pyrrole nitrogens is 3. The molecule has 0 fully saturated rings. The quantitative estimate of drug-likeness (QED) is 0.00595. The van der Waals surface area contributed by atoms with E-state index in [0.717, 1.165) is 80.2 Å². The number of hydrogen-bond donors (Lipinski definition) is 7. The molecule has 4 atom stereocenters. The van der Waals surface area contributed by atoms with Gasteiger partial charge in [-0.3, -0.25) is 108 Å². The SMILES string of the molecule is C=CC(=O)c1ccn(C)n1.C=CC(O)c1ccn(C)n1.CNc1nc(Cl)ncc1C(F)(F)F.Cc1[nH]ncc1[N+](=O)[O-].Cc1nn(C2CCn3nccc32)cc1N.Cc1nn(C2CCn3nccc32)cc1[N+](=O)[O-].Cn1ccc(C=O)n1.O=C(CCBr)c1ccn[nH]1.O=C1CCn2nccc21.O=Cc1ccn[nH]1.OC1CCn2nccc21.[Br-].[CH-]=C.[Mg+2]. The van der Waals surface area contributed by atoms with Gasteiger partial charge in [-0.2, -0.15) is 74.4 Å². The van der Waals surface area contributed by atoms with Crippen molar-refractivity contribution in [1.29, 1.82) is 0 Å². The number of nitrogen functional groups attached to an aromatic ring is 1. The predicted octanol–water partition coefficient (Wildman–Crippen LogP) is 6.35. The number of rotatable bonds is 14. The number of allylic oxidation sites excluding steroid dienone is 1. The van der Waals surface area contributed by atoms with E-state index in [1.54, 1.807) is 138 Å². The van der Waals surface area contributed by atoms with E-state index in [9.17, 15) is 62.5 Å². The molecule has 0 bridgehead atoms. The molecule has 48 heteroatoms. The Balaban J connectivity index is 0.000000281. The fraction of sp³-hybridized carbons (Fsp3) is 0.301. The maximum absolute atomic E-state index is 12.2. The first-order valence-electron chi connectivity index (χ1n) is 35.5. The number of nitro groups is 2. The maximum atomic E-state index is 12.2. The van der Waals surface area contributed by atoms with Gasteiger partial charge >= 0.3 is 40.6 Å². The fourth-order valence-electron chi connectivity index (χ4n) is 10.8. The number of nitrogens with zero attached hydrogens (tertiary/aromatic N) is 25. The van der Waals surface area contributed by atoms with Crippen LogP contribution < -0.4 is 28.0 Å². The Morgan fingerprint density at radius 1 is 0.719 bits per heavy atom. The van der Waals surface area contributed by atoms with Gasteiger partial charge in [-0.15, -0.1) is 6.58 Å². The summed E-state index contributed by atoms with van der Waals surface area (Å²) in [5.41, 5.74) is 14.2. The summed E-state index contributed by atoms with van der Waals surface area (Å²) in [6.07, 6.45) is 23.2. The molecule has 121 heavy (non-hydrogen) atoms. The van der Waals surface area contributed by atoms with Crippen molar-refractivity contribution in [1.82, 2.24) is 129 Å². The number of aliphatic hydroxyl groups is 2. The van der Waals surface area contributed by atoms with E-state index < -0.39 is 27.7 Å². The van der Waals surface area contributed by atoms with Crippen LogP contribution in [0.1, 0.15) is 154 Å². The monoisotopic (exact) mass is 1830 g/mol. The Bertz CT molecular complexity index is 5370. The Morgan fingerprint density at radius 3 is 1.70 bits per heavy atom. The first kappa shape index (κ1) is 101. The number of nitrogens with one attached hydrogen (secondary N) is 4. The summed E-state index contributed by atoms with van der Waals surface area (Å²) in [6, 6.07) is 16.3. The van der Waals surface area contributed by atoms with Crippen LogP contribution in [-0.4, -0.2) is 214 Å². The molecule has 8 N–H and O–H groups in total. The molecule has 4 unspecified atom stereocenters. The average Bonchev–Trinajstić information content (AvgIpc) is 1.63. The number of nitrogens with two attached hydrogens (primary N) is 1. The molecular formula is C73H86Br2ClF3MgN30O11. The number of hydrogen-bond acceptors (Lipinski definition) is 27. The molecule has 13 aromatic heterocycles. The number of fused-ring (bicyclic) bond motifs is 4. The third kappa shape index (κ3) is 30.3. The van der Waals surface area contributed by atoms with Gasteiger partial charge in [0.2, 0.25) is 11.1 Å². The molecular weight excluding hydrogens is 1750 g/mol. The first-order valence-corrected chi connectivity index (χ1v) is 37.0. The van der Waals surface area contributed by atoms with Crippen LogP contribution >= 0.6 is 27.5 Å². The molecule has 0 radical (unpaired) electrons. The van der Waals surface area contributed by atoms with E-state index in [2.05, 4.69) is 134 Å². The standard InChI is InChI=1S/C10H11N5O2.C10H13N5.C7H10N2O.C7H8N2O.C6H7BrN2O.C6H5ClF3N3.C6H8N2O.C6H6N2O.C5H6N2O.C4H5N3O2.C4H4N2O.C2H3.BrH.Mg/c1-7-10(15(16)17)6-14(12-7)9-3-5-13-8(9)2-4-11-13;1-7-8(11)6-15(13-7)10-3-5-14-9(10)2-4-12-14;2*1-3-7(10)6-4-5-9(2)8-6;7-3-1-6(10)5-2-4-8-9-5;1-11-4-3(6(8,9)10)2-12-5(7)13-4;2*9-6-2-4-8-5(6)1-3-7-8;1-7-3-2-5(4-8)6-7;1-3-4(7(8)9)2-5-6-3;7-3-4-1-2-5-6-4;1-2;;/h2,4,6,9H,3,5H2,1H3;2,4,6,10H,3,5,11H2,1H3;3-5,7,10H,1H2,2H3;3-5H,1H2,2H3;2,4H,1,3H2,(H,8,9);2H,1H3,(H,11,12,13);1,3,6,9H,2,4H2;1,3H,2,4H2;2-4H,1H3;2H,1H3,(H,5,6);1-3H,(H,5,6);1H,2H2;1H;/q;;;;;;;;;;;-1;;+2/p-1. The number of aromatic nitrogens is 26. The van der Waals surface area contributed by atoms with Crippen molar-refractivity contribution in [2.75, 3.05) is 23.4 Å². The molecule has 0 saturated heterocycles. The van der Waals surface area contributed by atoms with E-state index in [4.69, 9.17) is 22.4 Å². The number of halogens is 6. The Labute approximate surface area is 728 Å². The average molecular weight is 1840 g/mol. The zero-order valence-corrected chi connectivity index (χ0v) is 71.7. The second-order valence-electron chi connectivity index (χ2n) is 24.8. The smallest absolute Gasteiger partial charge is 1.00 e. The van der Waals surface area contributed by atoms with Crippen LogP contribution in [0, 0.1) is 47.6 Å². The summed E-state index contributed by atoms with van der Waals surface area (Å²) in [4.78, 5) is 79.0. The third-order valence-electron chi connectivity index (χ3n) is 16.7. The molecule has 0 amide bonds. The van der Waals surface area contributed by atoms with E-state index in [0.29, 0.717) is 76.6 Å². The van der Waals surface area contributed by atoms with Crippen molar-refractivity contribution in [2.45, 2.75) is 110 Å². The van der Waals surface area contributed by atoms with Crippen molar-refractivity contribution in [3.8, 4) is 0 Å². The number of Topliss-reactive ketones (excluding diaryl/α,β-unsaturated/α-hetero) is 2. The van der Waals surface area contributed by atoms with Crippen LogP contribution in [0.3, 0.4) is 0 Å². The summed E-state index contributed by atoms with van der Waals surface area (Å²) >= 11 is 8.50. The molecule has 638 valence electrons. The molecule has 17 heterocycles. The molecule has 4 aliphatic rings. The minimum atomic E-state index is -4.47. The van der Waals surface area contributed by atoms with Gasteiger partial charge in [-0.25, -0.2) is 9.97 Å². The number of ketones is 3. The number of anilines is 2. The summed E-state index contributed by atoms with van der Waals surface area (Å²) < 4.78 is 52.6. The Hall–Kier alpha value is -12.7. The fourth-order valence-corrected chi connectivity index (χ4v) is 11.3. The van der Waals surface area contributed by atoms with Crippen LogP contribution in [0.25, 0.3) is 0 Å². The first-order chi connectivity index (χ1) is 56.9.